The SMILES string of the molecule is CCCCC[C@@H](O)[C@H](O)/C=C/[C@H](O)CCCCCCCC(=O)OC. The highest BCUT2D eigenvalue weighted by atomic mass is 16.5. The first-order chi connectivity index (χ1) is 11.5. The quantitative estimate of drug-likeness (QED) is 0.241. The molecule has 5 nitrogen and oxygen atoms in total. The largest absolute Gasteiger partial charge is 0.469 e. The molecule has 142 valence electrons. The van der Waals surface area contributed by atoms with Crippen molar-refractivity contribution in [1.82, 2.24) is 0 Å². The average molecular weight is 344 g/mol. The molecule has 0 heterocycles. The highest BCUT2D eigenvalue weighted by Gasteiger charge is 2.13. The van der Waals surface area contributed by atoms with Crippen LogP contribution in [0.2, 0.25) is 0 Å². The molecule has 0 unspecified atom stereocenters. The Morgan fingerprint density at radius 2 is 1.54 bits per heavy atom. The number of aliphatic hydroxyl groups is 3. The van der Waals surface area contributed by atoms with Crippen molar-refractivity contribution in [3.63, 3.8) is 0 Å². The summed E-state index contributed by atoms with van der Waals surface area (Å²) in [5.74, 6) is -0.161. The topological polar surface area (TPSA) is 87.0 Å². The average Bonchev–Trinajstić information content (AvgIpc) is 2.58. The van der Waals surface area contributed by atoms with E-state index in [1.807, 2.05) is 0 Å². The molecule has 5 heteroatoms. The normalized spacial score (nSPS) is 15.4. The lowest BCUT2D eigenvalue weighted by Crippen LogP contribution is -2.24. The molecule has 0 aromatic rings. The van der Waals surface area contributed by atoms with Crippen LogP contribution >= 0.6 is 0 Å². The van der Waals surface area contributed by atoms with Crippen LogP contribution in [0.5, 0.6) is 0 Å². The molecule has 0 aliphatic rings. The van der Waals surface area contributed by atoms with E-state index in [-0.39, 0.29) is 5.97 Å². The van der Waals surface area contributed by atoms with Crippen LogP contribution in [-0.4, -0.2) is 46.7 Å². The van der Waals surface area contributed by atoms with Gasteiger partial charge in [-0.05, 0) is 19.3 Å². The number of carbonyl (C=O) groups excluding carboxylic acids is 1. The van der Waals surface area contributed by atoms with Gasteiger partial charge in [-0.25, -0.2) is 0 Å². The number of hydrogen-bond acceptors (Lipinski definition) is 5. The zero-order chi connectivity index (χ0) is 18.2. The fourth-order valence-electron chi connectivity index (χ4n) is 2.50. The Labute approximate surface area is 146 Å². The highest BCUT2D eigenvalue weighted by molar-refractivity contribution is 5.68. The van der Waals surface area contributed by atoms with E-state index >= 15 is 0 Å². The van der Waals surface area contributed by atoms with Gasteiger partial charge in [0, 0.05) is 6.42 Å². The highest BCUT2D eigenvalue weighted by Crippen LogP contribution is 2.11. The third kappa shape index (κ3) is 13.5. The Kier molecular flexibility index (Phi) is 15.0. The van der Waals surface area contributed by atoms with Gasteiger partial charge in [0.05, 0.1) is 25.4 Å². The van der Waals surface area contributed by atoms with Gasteiger partial charge >= 0.3 is 5.97 Å². The summed E-state index contributed by atoms with van der Waals surface area (Å²) in [6.07, 6.45) is 10.3. The molecule has 3 N–H and O–H groups in total. The first-order valence-electron chi connectivity index (χ1n) is 9.30. The molecule has 0 fully saturated rings. The molecule has 3 atom stereocenters. The van der Waals surface area contributed by atoms with E-state index in [0.29, 0.717) is 19.3 Å². The third-order valence-electron chi connectivity index (χ3n) is 4.14. The van der Waals surface area contributed by atoms with E-state index in [4.69, 9.17) is 0 Å². The van der Waals surface area contributed by atoms with Crippen LogP contribution in [0.3, 0.4) is 0 Å². The first-order valence-corrected chi connectivity index (χ1v) is 9.30. The summed E-state index contributed by atoms with van der Waals surface area (Å²) < 4.78 is 4.58. The minimum absolute atomic E-state index is 0.161. The van der Waals surface area contributed by atoms with Crippen molar-refractivity contribution in [2.24, 2.45) is 0 Å². The zero-order valence-electron chi connectivity index (χ0n) is 15.3. The van der Waals surface area contributed by atoms with Gasteiger partial charge < -0.3 is 20.1 Å². The molecule has 0 radical (unpaired) electrons. The van der Waals surface area contributed by atoms with Crippen LogP contribution in [0.25, 0.3) is 0 Å². The van der Waals surface area contributed by atoms with Gasteiger partial charge in [0.25, 0.3) is 0 Å². The summed E-state index contributed by atoms with van der Waals surface area (Å²) in [7, 11) is 1.40. The lowest BCUT2D eigenvalue weighted by Gasteiger charge is -2.14. The molecule has 0 saturated heterocycles. The maximum absolute atomic E-state index is 10.9. The van der Waals surface area contributed by atoms with E-state index < -0.39 is 18.3 Å². The fourth-order valence-corrected chi connectivity index (χ4v) is 2.50. The zero-order valence-corrected chi connectivity index (χ0v) is 15.3. The molecule has 0 aliphatic heterocycles. The van der Waals surface area contributed by atoms with E-state index in [1.165, 1.54) is 13.2 Å². The molecular formula is C19H36O5. The molecule has 0 aliphatic carbocycles. The molecular weight excluding hydrogens is 308 g/mol. The van der Waals surface area contributed by atoms with E-state index in [2.05, 4.69) is 11.7 Å². The van der Waals surface area contributed by atoms with E-state index in [0.717, 1.165) is 51.4 Å². The Hall–Kier alpha value is -0.910. The van der Waals surface area contributed by atoms with Gasteiger partial charge in [-0.1, -0.05) is 64.0 Å². The number of esters is 1. The molecule has 0 saturated carbocycles. The lowest BCUT2D eigenvalue weighted by atomic mass is 10.0. The van der Waals surface area contributed by atoms with Crippen molar-refractivity contribution in [2.75, 3.05) is 7.11 Å². The van der Waals surface area contributed by atoms with Gasteiger partial charge in [0.2, 0.25) is 0 Å². The second-order valence-corrected chi connectivity index (χ2v) is 6.39. The summed E-state index contributed by atoms with van der Waals surface area (Å²) >= 11 is 0. The summed E-state index contributed by atoms with van der Waals surface area (Å²) in [5, 5.41) is 29.5. The number of unbranched alkanes of at least 4 members (excludes halogenated alkanes) is 6. The molecule has 0 bridgehead atoms. The number of methoxy groups -OCH3 is 1. The van der Waals surface area contributed by atoms with Crippen LogP contribution in [-0.2, 0) is 9.53 Å². The van der Waals surface area contributed by atoms with E-state index in [1.54, 1.807) is 6.08 Å². The lowest BCUT2D eigenvalue weighted by molar-refractivity contribution is -0.140. The second kappa shape index (κ2) is 15.6. The van der Waals surface area contributed by atoms with Gasteiger partial charge in [0.15, 0.2) is 0 Å². The Morgan fingerprint density at radius 1 is 0.917 bits per heavy atom. The van der Waals surface area contributed by atoms with Crippen LogP contribution in [0.1, 0.15) is 77.6 Å². The monoisotopic (exact) mass is 344 g/mol. The molecule has 0 aromatic heterocycles. The number of ether oxygens (including phenoxy) is 1. The standard InChI is InChI=1S/C19H36O5/c1-3-4-8-12-17(21)18(22)15-14-16(20)11-9-6-5-7-10-13-19(23)24-2/h14-18,20-22H,3-13H2,1-2H3/b15-14+/t16-,17-,18-/m1/s1. The summed E-state index contributed by atoms with van der Waals surface area (Å²) in [6.45, 7) is 2.10. The first kappa shape index (κ1) is 23.1. The summed E-state index contributed by atoms with van der Waals surface area (Å²) in [4.78, 5) is 10.9. The smallest absolute Gasteiger partial charge is 0.305 e. The maximum Gasteiger partial charge on any atom is 0.305 e. The summed E-state index contributed by atoms with van der Waals surface area (Å²) in [5.41, 5.74) is 0. The van der Waals surface area contributed by atoms with E-state index in [9.17, 15) is 20.1 Å². The van der Waals surface area contributed by atoms with Gasteiger partial charge in [-0.2, -0.15) is 0 Å². The second-order valence-electron chi connectivity index (χ2n) is 6.39. The predicted octanol–water partition coefficient (Wildman–Crippen LogP) is 3.11. The molecule has 24 heavy (non-hydrogen) atoms. The van der Waals surface area contributed by atoms with Crippen LogP contribution in [0, 0.1) is 0 Å². The minimum Gasteiger partial charge on any atom is -0.469 e. The third-order valence-corrected chi connectivity index (χ3v) is 4.14. The molecule has 0 rings (SSSR count). The molecule has 0 amide bonds. The van der Waals surface area contributed by atoms with Crippen molar-refractivity contribution in [1.29, 1.82) is 0 Å². The van der Waals surface area contributed by atoms with Crippen molar-refractivity contribution in [3.05, 3.63) is 12.2 Å². The number of aliphatic hydroxyl groups excluding tert-OH is 3. The molecule has 0 spiro atoms. The molecule has 0 aromatic carbocycles. The van der Waals surface area contributed by atoms with Crippen molar-refractivity contribution in [3.8, 4) is 0 Å². The van der Waals surface area contributed by atoms with Gasteiger partial charge in [-0.3, -0.25) is 4.79 Å². The minimum atomic E-state index is -0.908. The van der Waals surface area contributed by atoms with Crippen LogP contribution in [0.15, 0.2) is 12.2 Å². The summed E-state index contributed by atoms with van der Waals surface area (Å²) in [6, 6.07) is 0. The van der Waals surface area contributed by atoms with Crippen LogP contribution < -0.4 is 0 Å². The number of carbonyl (C=O) groups is 1. The van der Waals surface area contributed by atoms with Gasteiger partial charge in [0.1, 0.15) is 0 Å². The van der Waals surface area contributed by atoms with Crippen molar-refractivity contribution in [2.45, 2.75) is 95.9 Å². The Bertz CT molecular complexity index is 330. The number of hydrogen-bond donors (Lipinski definition) is 3. The maximum atomic E-state index is 10.9. The fraction of sp³-hybridized carbons (Fsp3) is 0.842. The van der Waals surface area contributed by atoms with Crippen molar-refractivity contribution >= 4 is 5.97 Å². The number of rotatable bonds is 15. The van der Waals surface area contributed by atoms with Crippen molar-refractivity contribution < 1.29 is 24.9 Å². The Balaban J connectivity index is 3.66. The Morgan fingerprint density at radius 3 is 2.21 bits per heavy atom. The van der Waals surface area contributed by atoms with Gasteiger partial charge in [-0.15, -0.1) is 0 Å². The predicted molar refractivity (Wildman–Crippen MR) is 95.6 cm³/mol. The van der Waals surface area contributed by atoms with Crippen LogP contribution in [0.4, 0.5) is 0 Å².